The van der Waals surface area contributed by atoms with Crippen LogP contribution in [0.25, 0.3) is 0 Å². The van der Waals surface area contributed by atoms with E-state index in [9.17, 15) is 5.11 Å². The summed E-state index contributed by atoms with van der Waals surface area (Å²) in [4.78, 5) is 7.80. The van der Waals surface area contributed by atoms with E-state index in [0.29, 0.717) is 11.8 Å². The van der Waals surface area contributed by atoms with Gasteiger partial charge in [0.2, 0.25) is 0 Å². The van der Waals surface area contributed by atoms with E-state index in [4.69, 9.17) is 0 Å². The molecule has 148 valence electrons. The second-order valence-electron chi connectivity index (χ2n) is 8.98. The maximum atomic E-state index is 10.7. The number of nitrogens with zero attached hydrogens (tertiary/aromatic N) is 2. The molecule has 1 N–H and O–H groups in total. The van der Waals surface area contributed by atoms with Gasteiger partial charge in [0.15, 0.2) is 0 Å². The van der Waals surface area contributed by atoms with Crippen molar-refractivity contribution in [3.63, 3.8) is 0 Å². The van der Waals surface area contributed by atoms with Crippen LogP contribution in [0.15, 0.2) is 60.2 Å². The van der Waals surface area contributed by atoms with Crippen LogP contribution in [0, 0.1) is 5.92 Å². The number of aliphatic hydroxyl groups excluding tert-OH is 1. The molecule has 0 unspecified atom stereocenters. The van der Waals surface area contributed by atoms with E-state index in [1.807, 2.05) is 11.7 Å². The van der Waals surface area contributed by atoms with Crippen LogP contribution in [0.5, 0.6) is 0 Å². The lowest BCUT2D eigenvalue weighted by molar-refractivity contribution is 0.0561. The molecule has 1 aliphatic heterocycles. The highest BCUT2D eigenvalue weighted by Crippen LogP contribution is 2.60. The average molecular weight is 403 g/mol. The number of piperidine rings is 1. The highest BCUT2D eigenvalue weighted by Gasteiger charge is 2.53. The molecule has 4 heteroatoms. The minimum atomic E-state index is -0.355. The Balaban J connectivity index is 1.25. The number of hydrogen-bond donors (Lipinski definition) is 1. The Morgan fingerprint density at radius 2 is 1.69 bits per heavy atom. The van der Waals surface area contributed by atoms with Gasteiger partial charge < -0.3 is 10.0 Å². The van der Waals surface area contributed by atoms with Crippen molar-refractivity contribution in [2.24, 2.45) is 5.92 Å². The van der Waals surface area contributed by atoms with Gasteiger partial charge in [0.1, 0.15) is 0 Å². The number of hydrogen-bond acceptors (Lipinski definition) is 4. The van der Waals surface area contributed by atoms with Crippen molar-refractivity contribution in [2.75, 3.05) is 19.6 Å². The molecule has 0 saturated carbocycles. The average Bonchev–Trinajstić information content (AvgIpc) is 3.49. The minimum absolute atomic E-state index is 0.140. The molecule has 2 heterocycles. The van der Waals surface area contributed by atoms with Crippen molar-refractivity contribution >= 4 is 11.3 Å². The van der Waals surface area contributed by atoms with Crippen molar-refractivity contribution in [3.05, 3.63) is 87.4 Å². The zero-order valence-electron chi connectivity index (χ0n) is 16.5. The molecule has 2 bridgehead atoms. The summed E-state index contributed by atoms with van der Waals surface area (Å²) in [5.41, 5.74) is 8.15. The Morgan fingerprint density at radius 1 is 1.03 bits per heavy atom. The molecule has 6 rings (SSSR count). The van der Waals surface area contributed by atoms with E-state index in [1.54, 1.807) is 33.6 Å². The van der Waals surface area contributed by atoms with Crippen LogP contribution in [0.3, 0.4) is 0 Å². The standard InChI is InChI=1S/C25H26N2OS/c28-24(23-14-26-16-29-23)17-9-11-27(12-10-17)15-25-13-20(18-5-1-3-7-21(18)25)19-6-2-4-8-22(19)25/h1-8,14,16-17,20,24,28H,9-13,15H2/t20?,24-,25?/m0/s1. The maximum absolute atomic E-state index is 10.7. The fraction of sp³-hybridized carbons (Fsp3) is 0.400. The van der Waals surface area contributed by atoms with Gasteiger partial charge in [0.25, 0.3) is 0 Å². The molecule has 2 aliphatic carbocycles. The lowest BCUT2D eigenvalue weighted by Crippen LogP contribution is -2.44. The van der Waals surface area contributed by atoms with Crippen LogP contribution in [-0.2, 0) is 5.41 Å². The van der Waals surface area contributed by atoms with Crippen molar-refractivity contribution in [2.45, 2.75) is 36.7 Å². The summed E-state index contributed by atoms with van der Waals surface area (Å²) in [6, 6.07) is 18.2. The Morgan fingerprint density at radius 3 is 2.31 bits per heavy atom. The first kappa shape index (κ1) is 17.8. The van der Waals surface area contributed by atoms with Crippen molar-refractivity contribution in [1.29, 1.82) is 0 Å². The summed E-state index contributed by atoms with van der Waals surface area (Å²) in [5, 5.41) is 10.7. The van der Waals surface area contributed by atoms with Gasteiger partial charge in [0.05, 0.1) is 16.5 Å². The molecule has 0 spiro atoms. The lowest BCUT2D eigenvalue weighted by atomic mass is 9.74. The first-order valence-corrected chi connectivity index (χ1v) is 11.6. The molecule has 0 amide bonds. The number of aromatic nitrogens is 1. The minimum Gasteiger partial charge on any atom is -0.387 e. The molecule has 1 aromatic heterocycles. The van der Waals surface area contributed by atoms with Gasteiger partial charge in [-0.25, -0.2) is 0 Å². The van der Waals surface area contributed by atoms with Crippen molar-refractivity contribution in [3.8, 4) is 0 Å². The summed E-state index contributed by atoms with van der Waals surface area (Å²) < 4.78 is 0. The Bertz CT molecular complexity index is 975. The monoisotopic (exact) mass is 402 g/mol. The van der Waals surface area contributed by atoms with Gasteiger partial charge >= 0.3 is 0 Å². The predicted octanol–water partition coefficient (Wildman–Crippen LogP) is 4.72. The van der Waals surface area contributed by atoms with Crippen LogP contribution in [0.2, 0.25) is 0 Å². The predicted molar refractivity (Wildman–Crippen MR) is 116 cm³/mol. The Kier molecular flexibility index (Phi) is 4.15. The first-order chi connectivity index (χ1) is 14.3. The van der Waals surface area contributed by atoms with Crippen molar-refractivity contribution < 1.29 is 5.11 Å². The van der Waals surface area contributed by atoms with Crippen LogP contribution in [0.1, 0.15) is 58.4 Å². The highest BCUT2D eigenvalue weighted by molar-refractivity contribution is 7.09. The number of benzene rings is 2. The highest BCUT2D eigenvalue weighted by atomic mass is 32.1. The molecule has 2 aromatic carbocycles. The smallest absolute Gasteiger partial charge is 0.0927 e. The van der Waals surface area contributed by atoms with Gasteiger partial charge in [-0.3, -0.25) is 4.98 Å². The molecule has 29 heavy (non-hydrogen) atoms. The quantitative estimate of drug-likeness (QED) is 0.686. The number of fused-ring (bicyclic) bond motifs is 8. The van der Waals surface area contributed by atoms with E-state index in [1.165, 1.54) is 6.42 Å². The Labute approximate surface area is 176 Å². The SMILES string of the molecule is O[C@H](c1cncs1)C1CCN(CC23CC(c4ccccc42)c2ccccc23)CC1. The second kappa shape index (κ2) is 6.76. The van der Waals surface area contributed by atoms with Gasteiger partial charge in [-0.05, 0) is 60.5 Å². The first-order valence-electron chi connectivity index (χ1n) is 10.7. The van der Waals surface area contributed by atoms with Gasteiger partial charge in [-0.15, -0.1) is 11.3 Å². The topological polar surface area (TPSA) is 36.4 Å². The molecule has 1 atom stereocenters. The van der Waals surface area contributed by atoms with Gasteiger partial charge in [-0.2, -0.15) is 0 Å². The van der Waals surface area contributed by atoms with Crippen LogP contribution < -0.4 is 0 Å². The van der Waals surface area contributed by atoms with E-state index in [2.05, 4.69) is 58.4 Å². The fourth-order valence-electron chi connectivity index (χ4n) is 6.22. The van der Waals surface area contributed by atoms with E-state index in [0.717, 1.165) is 37.4 Å². The molecular formula is C25H26N2OS. The zero-order valence-corrected chi connectivity index (χ0v) is 17.3. The van der Waals surface area contributed by atoms with Crippen LogP contribution in [0.4, 0.5) is 0 Å². The molecule has 0 radical (unpaired) electrons. The third-order valence-electron chi connectivity index (χ3n) is 7.57. The molecule has 3 nitrogen and oxygen atoms in total. The Hall–Kier alpha value is -2.01. The summed E-state index contributed by atoms with van der Waals surface area (Å²) in [6.07, 6.45) is 4.80. The molecule has 3 aliphatic rings. The lowest BCUT2D eigenvalue weighted by Gasteiger charge is -2.40. The van der Waals surface area contributed by atoms with E-state index in [-0.39, 0.29) is 11.5 Å². The number of likely N-dealkylation sites (tertiary alicyclic amines) is 1. The second-order valence-corrected chi connectivity index (χ2v) is 9.89. The number of aliphatic hydroxyl groups is 1. The van der Waals surface area contributed by atoms with Crippen LogP contribution >= 0.6 is 11.3 Å². The third kappa shape index (κ3) is 2.66. The van der Waals surface area contributed by atoms with Crippen LogP contribution in [-0.4, -0.2) is 34.6 Å². The molecule has 1 saturated heterocycles. The fourth-order valence-corrected chi connectivity index (χ4v) is 6.92. The third-order valence-corrected chi connectivity index (χ3v) is 8.42. The molecular weight excluding hydrogens is 376 g/mol. The largest absolute Gasteiger partial charge is 0.387 e. The molecule has 3 aromatic rings. The number of thiazole rings is 1. The summed E-state index contributed by atoms with van der Waals surface area (Å²) in [5.74, 6) is 0.914. The molecule has 1 fully saturated rings. The maximum Gasteiger partial charge on any atom is 0.0927 e. The van der Waals surface area contributed by atoms with Gasteiger partial charge in [0, 0.05) is 24.1 Å². The van der Waals surface area contributed by atoms with Crippen molar-refractivity contribution in [1.82, 2.24) is 9.88 Å². The normalized spacial score (nSPS) is 27.0. The summed E-state index contributed by atoms with van der Waals surface area (Å²) >= 11 is 1.57. The van der Waals surface area contributed by atoms with E-state index < -0.39 is 0 Å². The number of rotatable bonds is 4. The van der Waals surface area contributed by atoms with Gasteiger partial charge in [-0.1, -0.05) is 48.5 Å². The summed E-state index contributed by atoms with van der Waals surface area (Å²) in [7, 11) is 0. The summed E-state index contributed by atoms with van der Waals surface area (Å²) in [6.45, 7) is 3.23. The zero-order chi connectivity index (χ0) is 19.4. The van der Waals surface area contributed by atoms with E-state index >= 15 is 0 Å².